The lowest BCUT2D eigenvalue weighted by atomic mass is 10.1. The van der Waals surface area contributed by atoms with Crippen molar-refractivity contribution in [2.75, 3.05) is 13.2 Å². The van der Waals surface area contributed by atoms with E-state index in [1.54, 1.807) is 31.2 Å². The number of urea groups is 1. The molecule has 2 N–H and O–H groups in total. The topological polar surface area (TPSA) is 93.7 Å². The molecule has 126 valence electrons. The summed E-state index contributed by atoms with van der Waals surface area (Å²) in [5.74, 6) is -1.32. The molecule has 23 heavy (non-hydrogen) atoms. The van der Waals surface area contributed by atoms with Gasteiger partial charge < -0.3 is 14.8 Å². The molecule has 0 bridgehead atoms. The van der Waals surface area contributed by atoms with Crippen LogP contribution < -0.4 is 10.6 Å². The number of rotatable bonds is 7. The van der Waals surface area contributed by atoms with Gasteiger partial charge in [-0.05, 0) is 38.5 Å². The third-order valence-electron chi connectivity index (χ3n) is 2.70. The Kier molecular flexibility index (Phi) is 7.76. The molecule has 1 aromatic rings. The van der Waals surface area contributed by atoms with Crippen molar-refractivity contribution >= 4 is 17.9 Å². The number of imide groups is 1. The van der Waals surface area contributed by atoms with Crippen LogP contribution in [0.5, 0.6) is 0 Å². The first kappa shape index (κ1) is 18.6. The van der Waals surface area contributed by atoms with Crippen LogP contribution in [-0.2, 0) is 20.9 Å². The van der Waals surface area contributed by atoms with Gasteiger partial charge in [0.25, 0.3) is 5.91 Å². The number of benzene rings is 1. The highest BCUT2D eigenvalue weighted by Crippen LogP contribution is 2.08. The minimum atomic E-state index is -0.689. The van der Waals surface area contributed by atoms with Crippen molar-refractivity contribution in [2.24, 2.45) is 0 Å². The SMILES string of the molecule is CCNC(=O)NC(=O)COC(=O)c1ccc(COC(C)C)cc1. The fourth-order valence-electron chi connectivity index (χ4n) is 1.58. The quantitative estimate of drug-likeness (QED) is 0.744. The van der Waals surface area contributed by atoms with Crippen molar-refractivity contribution < 1.29 is 23.9 Å². The predicted molar refractivity (Wildman–Crippen MR) is 83.9 cm³/mol. The number of amides is 3. The fourth-order valence-corrected chi connectivity index (χ4v) is 1.58. The van der Waals surface area contributed by atoms with Gasteiger partial charge in [-0.1, -0.05) is 12.1 Å². The molecule has 0 saturated heterocycles. The van der Waals surface area contributed by atoms with Crippen molar-refractivity contribution in [3.05, 3.63) is 35.4 Å². The highest BCUT2D eigenvalue weighted by atomic mass is 16.5. The lowest BCUT2D eigenvalue weighted by molar-refractivity contribution is -0.123. The molecule has 1 aromatic carbocycles. The van der Waals surface area contributed by atoms with Gasteiger partial charge in [-0.15, -0.1) is 0 Å². The van der Waals surface area contributed by atoms with Gasteiger partial charge in [0.15, 0.2) is 6.61 Å². The smallest absolute Gasteiger partial charge is 0.338 e. The summed E-state index contributed by atoms with van der Waals surface area (Å²) in [7, 11) is 0. The van der Waals surface area contributed by atoms with E-state index in [0.29, 0.717) is 18.7 Å². The first-order valence-electron chi connectivity index (χ1n) is 7.37. The molecule has 0 aliphatic rings. The van der Waals surface area contributed by atoms with E-state index >= 15 is 0 Å². The molecule has 7 nitrogen and oxygen atoms in total. The van der Waals surface area contributed by atoms with Crippen LogP contribution in [0.3, 0.4) is 0 Å². The molecule has 0 unspecified atom stereocenters. The van der Waals surface area contributed by atoms with E-state index in [2.05, 4.69) is 5.32 Å². The number of esters is 1. The maximum Gasteiger partial charge on any atom is 0.338 e. The summed E-state index contributed by atoms with van der Waals surface area (Å²) in [5.41, 5.74) is 1.26. The number of nitrogens with one attached hydrogen (secondary N) is 2. The highest BCUT2D eigenvalue weighted by molar-refractivity contribution is 5.96. The van der Waals surface area contributed by atoms with E-state index in [4.69, 9.17) is 9.47 Å². The Morgan fingerprint density at radius 1 is 1.13 bits per heavy atom. The molecule has 7 heteroatoms. The van der Waals surface area contributed by atoms with Crippen molar-refractivity contribution in [3.63, 3.8) is 0 Å². The predicted octanol–water partition coefficient (Wildman–Crippen LogP) is 1.61. The van der Waals surface area contributed by atoms with Crippen molar-refractivity contribution in [1.29, 1.82) is 0 Å². The monoisotopic (exact) mass is 322 g/mol. The number of ether oxygens (including phenoxy) is 2. The van der Waals surface area contributed by atoms with Gasteiger partial charge in [0, 0.05) is 6.54 Å². The molecule has 3 amide bonds. The first-order valence-corrected chi connectivity index (χ1v) is 7.37. The molecule has 0 radical (unpaired) electrons. The van der Waals surface area contributed by atoms with Crippen LogP contribution in [0.1, 0.15) is 36.7 Å². The Hall–Kier alpha value is -2.41. The normalized spacial score (nSPS) is 10.3. The molecule has 0 aliphatic carbocycles. The van der Waals surface area contributed by atoms with E-state index in [1.807, 2.05) is 19.2 Å². The lowest BCUT2D eigenvalue weighted by Gasteiger charge is -2.08. The molecule has 0 fully saturated rings. The molecule has 0 aromatic heterocycles. The first-order chi connectivity index (χ1) is 10.9. The van der Waals surface area contributed by atoms with E-state index in [9.17, 15) is 14.4 Å². The van der Waals surface area contributed by atoms with Crippen LogP contribution in [0.4, 0.5) is 4.79 Å². The minimum absolute atomic E-state index is 0.128. The number of hydrogen-bond acceptors (Lipinski definition) is 5. The summed E-state index contributed by atoms with van der Waals surface area (Å²) in [5, 5.41) is 4.44. The minimum Gasteiger partial charge on any atom is -0.452 e. The van der Waals surface area contributed by atoms with Crippen molar-refractivity contribution in [2.45, 2.75) is 33.5 Å². The Morgan fingerprint density at radius 3 is 2.35 bits per heavy atom. The van der Waals surface area contributed by atoms with Crippen molar-refractivity contribution in [3.8, 4) is 0 Å². The zero-order chi connectivity index (χ0) is 17.2. The molecular weight excluding hydrogens is 300 g/mol. The average Bonchev–Trinajstić information content (AvgIpc) is 2.51. The van der Waals surface area contributed by atoms with Gasteiger partial charge in [0.05, 0.1) is 18.3 Å². The van der Waals surface area contributed by atoms with Gasteiger partial charge in [0.1, 0.15) is 0 Å². The maximum atomic E-state index is 11.8. The van der Waals surface area contributed by atoms with Gasteiger partial charge in [-0.3, -0.25) is 10.1 Å². The summed E-state index contributed by atoms with van der Waals surface area (Å²) in [6, 6.07) is 6.09. The molecule has 1 rings (SSSR count). The van der Waals surface area contributed by atoms with Crippen LogP contribution in [0.15, 0.2) is 24.3 Å². The van der Waals surface area contributed by atoms with E-state index in [-0.39, 0.29) is 6.10 Å². The molecule has 0 spiro atoms. The zero-order valence-electron chi connectivity index (χ0n) is 13.5. The molecular formula is C16H22N2O5. The lowest BCUT2D eigenvalue weighted by Crippen LogP contribution is -2.41. The summed E-state index contributed by atoms with van der Waals surface area (Å²) in [6.45, 7) is 5.94. The van der Waals surface area contributed by atoms with Crippen LogP contribution in [0, 0.1) is 0 Å². The van der Waals surface area contributed by atoms with Crippen LogP contribution in [-0.4, -0.2) is 37.2 Å². The van der Waals surface area contributed by atoms with Crippen LogP contribution >= 0.6 is 0 Å². The standard InChI is InChI=1S/C16H22N2O5/c1-4-17-16(21)18-14(19)10-23-15(20)13-7-5-12(6-8-13)9-22-11(2)3/h5-8,11H,4,9-10H2,1-3H3,(H2,17,18,19,21). The van der Waals surface area contributed by atoms with Gasteiger partial charge >= 0.3 is 12.0 Å². The summed E-state index contributed by atoms with van der Waals surface area (Å²) in [6.07, 6.45) is 0.128. The Bertz CT molecular complexity index is 540. The van der Waals surface area contributed by atoms with Crippen LogP contribution in [0.25, 0.3) is 0 Å². The van der Waals surface area contributed by atoms with Gasteiger partial charge in [0.2, 0.25) is 0 Å². The second kappa shape index (κ2) is 9.58. The number of hydrogen-bond donors (Lipinski definition) is 2. The number of carbonyl (C=O) groups excluding carboxylic acids is 3. The average molecular weight is 322 g/mol. The Labute approximate surface area is 135 Å². The van der Waals surface area contributed by atoms with E-state index in [0.717, 1.165) is 5.56 Å². The third kappa shape index (κ3) is 7.42. The zero-order valence-corrected chi connectivity index (χ0v) is 13.5. The van der Waals surface area contributed by atoms with Crippen LogP contribution in [0.2, 0.25) is 0 Å². The van der Waals surface area contributed by atoms with Gasteiger partial charge in [-0.2, -0.15) is 0 Å². The molecule has 0 atom stereocenters. The Balaban J connectivity index is 2.42. The maximum absolute atomic E-state index is 11.8. The summed E-state index contributed by atoms with van der Waals surface area (Å²) in [4.78, 5) is 34.3. The Morgan fingerprint density at radius 2 is 1.78 bits per heavy atom. The highest BCUT2D eigenvalue weighted by Gasteiger charge is 2.12. The molecule has 0 heterocycles. The van der Waals surface area contributed by atoms with E-state index < -0.39 is 24.5 Å². The third-order valence-corrected chi connectivity index (χ3v) is 2.70. The van der Waals surface area contributed by atoms with E-state index in [1.165, 1.54) is 0 Å². The molecule has 0 aliphatic heterocycles. The summed E-state index contributed by atoms with van der Waals surface area (Å²) < 4.78 is 10.3. The largest absolute Gasteiger partial charge is 0.452 e. The number of carbonyl (C=O) groups is 3. The second-order valence-electron chi connectivity index (χ2n) is 5.04. The second-order valence-corrected chi connectivity index (χ2v) is 5.04. The summed E-state index contributed by atoms with van der Waals surface area (Å²) >= 11 is 0. The fraction of sp³-hybridized carbons (Fsp3) is 0.438. The van der Waals surface area contributed by atoms with Gasteiger partial charge in [-0.25, -0.2) is 9.59 Å². The molecule has 0 saturated carbocycles. The van der Waals surface area contributed by atoms with Crippen molar-refractivity contribution in [1.82, 2.24) is 10.6 Å².